The third kappa shape index (κ3) is 23.7. The number of hydrogen-bond acceptors (Lipinski definition) is 18. The summed E-state index contributed by atoms with van der Waals surface area (Å²) < 4.78 is 82.2. The first-order chi connectivity index (χ1) is 28.7. The number of hydroxylamine groups is 2. The highest BCUT2D eigenvalue weighted by molar-refractivity contribution is 7.89. The number of ether oxygens (including phenoxy) is 10. The van der Waals surface area contributed by atoms with Gasteiger partial charge in [-0.2, -0.15) is 4.31 Å². The molecular weight excluding hydrogens is 797 g/mol. The molecule has 0 radical (unpaired) electrons. The molecule has 2 heterocycles. The monoisotopic (exact) mass is 864 g/mol. The molecule has 2 rings (SSSR count). The molecule has 0 atom stereocenters. The molecule has 0 spiro atoms. The number of amides is 1. The van der Waals surface area contributed by atoms with E-state index < -0.39 is 10.0 Å². The van der Waals surface area contributed by atoms with E-state index in [0.29, 0.717) is 162 Å². The Bertz CT molecular complexity index is 1420. The van der Waals surface area contributed by atoms with Crippen molar-refractivity contribution in [1.82, 2.24) is 14.4 Å². The second kappa shape index (κ2) is 33.9. The first kappa shape index (κ1) is 52.4. The molecule has 59 heavy (non-hydrogen) atoms. The minimum atomic E-state index is -3.96. The number of rotatable bonds is 39. The molecular formula is C38H68N6O14S. The Labute approximate surface area is 349 Å². The lowest BCUT2D eigenvalue weighted by Crippen LogP contribution is -2.34. The fraction of sp³-hybridized carbons (Fsp3) is 0.763. The lowest BCUT2D eigenvalue weighted by atomic mass is 10.1. The predicted molar refractivity (Wildman–Crippen MR) is 219 cm³/mol. The van der Waals surface area contributed by atoms with Crippen LogP contribution in [0.25, 0.3) is 6.08 Å². The van der Waals surface area contributed by atoms with Crippen LogP contribution in [0.5, 0.6) is 0 Å². The Kier molecular flexibility index (Phi) is 30.1. The zero-order valence-electron chi connectivity index (χ0n) is 35.2. The van der Waals surface area contributed by atoms with Gasteiger partial charge in [0.25, 0.3) is 15.9 Å². The maximum atomic E-state index is 13.3. The summed E-state index contributed by atoms with van der Waals surface area (Å²) in [5.41, 5.74) is 12.6. The van der Waals surface area contributed by atoms with Crippen LogP contribution in [0.3, 0.4) is 0 Å². The van der Waals surface area contributed by atoms with Crippen LogP contribution >= 0.6 is 0 Å². The molecule has 0 unspecified atom stereocenters. The summed E-state index contributed by atoms with van der Waals surface area (Å²) in [4.78, 5) is 27.1. The lowest BCUT2D eigenvalue weighted by molar-refractivity contribution is -0.180. The van der Waals surface area contributed by atoms with Crippen LogP contribution < -0.4 is 11.5 Å². The molecule has 1 amide bonds. The average Bonchev–Trinajstić information content (AvgIpc) is 3.39. The molecule has 1 aliphatic rings. The van der Waals surface area contributed by atoms with E-state index in [1.807, 2.05) is 6.92 Å². The zero-order chi connectivity index (χ0) is 42.8. The Morgan fingerprint density at radius 2 is 1.10 bits per heavy atom. The minimum absolute atomic E-state index is 0.0874. The van der Waals surface area contributed by atoms with Gasteiger partial charge in [-0.25, -0.2) is 23.5 Å². The van der Waals surface area contributed by atoms with Gasteiger partial charge in [0.15, 0.2) is 5.03 Å². The van der Waals surface area contributed by atoms with E-state index in [4.69, 9.17) is 63.7 Å². The number of amidine groups is 1. The Hall–Kier alpha value is -2.74. The van der Waals surface area contributed by atoms with Gasteiger partial charge in [0.05, 0.1) is 144 Å². The summed E-state index contributed by atoms with van der Waals surface area (Å²) in [6, 6.07) is 1.35. The first-order valence-corrected chi connectivity index (χ1v) is 21.6. The third-order valence-corrected chi connectivity index (χ3v) is 9.66. The number of aliphatic imine (C=N–C) groups is 1. The van der Waals surface area contributed by atoms with E-state index in [-0.39, 0.29) is 42.9 Å². The number of sulfonamides is 1. The van der Waals surface area contributed by atoms with Crippen LogP contribution in [0.1, 0.15) is 32.3 Å². The number of nitrogens with two attached hydrogens (primary N) is 2. The molecule has 0 aromatic carbocycles. The molecule has 0 bridgehead atoms. The van der Waals surface area contributed by atoms with Crippen LogP contribution in [0.15, 0.2) is 27.9 Å². The van der Waals surface area contributed by atoms with Crippen molar-refractivity contribution in [3.8, 4) is 0 Å². The maximum absolute atomic E-state index is 13.3. The van der Waals surface area contributed by atoms with Crippen molar-refractivity contribution < 1.29 is 65.4 Å². The molecule has 0 saturated heterocycles. The minimum Gasteiger partial charge on any atom is -0.387 e. The van der Waals surface area contributed by atoms with Crippen molar-refractivity contribution in [2.45, 2.75) is 31.7 Å². The Balaban J connectivity index is 1.43. The first-order valence-electron chi connectivity index (χ1n) is 20.2. The van der Waals surface area contributed by atoms with Crippen molar-refractivity contribution in [2.24, 2.45) is 16.5 Å². The maximum Gasteiger partial charge on any atom is 0.273 e. The van der Waals surface area contributed by atoms with Crippen molar-refractivity contribution in [3.63, 3.8) is 0 Å². The van der Waals surface area contributed by atoms with Gasteiger partial charge in [-0.1, -0.05) is 6.92 Å². The van der Waals surface area contributed by atoms with E-state index in [2.05, 4.69) is 9.98 Å². The molecule has 1 aliphatic heterocycles. The van der Waals surface area contributed by atoms with Gasteiger partial charge in [-0.05, 0) is 19.4 Å². The number of likely N-dealkylation sites (N-methyl/N-ethyl adjacent to an activating group) is 1. The molecule has 0 fully saturated rings. The topological polar surface area (TPSA) is 237 Å². The zero-order valence-corrected chi connectivity index (χ0v) is 36.0. The summed E-state index contributed by atoms with van der Waals surface area (Å²) in [6.45, 7) is 13.9. The van der Waals surface area contributed by atoms with Gasteiger partial charge in [-0.3, -0.25) is 9.63 Å². The number of hydrogen-bond donors (Lipinski definition) is 2. The summed E-state index contributed by atoms with van der Waals surface area (Å²) in [5, 5.41) is 1.11. The molecule has 0 saturated carbocycles. The highest BCUT2D eigenvalue weighted by Gasteiger charge is 2.26. The van der Waals surface area contributed by atoms with Crippen LogP contribution in [-0.2, 0) is 67.0 Å². The van der Waals surface area contributed by atoms with Crippen molar-refractivity contribution in [1.29, 1.82) is 0 Å². The molecule has 4 N–H and O–H groups in total. The number of carbonyl (C=O) groups excluding carboxylic acids is 1. The van der Waals surface area contributed by atoms with Gasteiger partial charge in [0.2, 0.25) is 0 Å². The van der Waals surface area contributed by atoms with Crippen LogP contribution in [0, 0.1) is 0 Å². The summed E-state index contributed by atoms with van der Waals surface area (Å²) in [5.74, 6) is -0.157. The summed E-state index contributed by atoms with van der Waals surface area (Å²) in [6.07, 6.45) is 3.79. The van der Waals surface area contributed by atoms with Crippen LogP contribution in [0.2, 0.25) is 0 Å². The highest BCUT2D eigenvalue weighted by atomic mass is 32.2. The van der Waals surface area contributed by atoms with Gasteiger partial charge in [0.1, 0.15) is 5.84 Å². The molecule has 1 aromatic rings. The van der Waals surface area contributed by atoms with Crippen molar-refractivity contribution in [3.05, 3.63) is 23.4 Å². The van der Waals surface area contributed by atoms with E-state index in [1.54, 1.807) is 13.0 Å². The Morgan fingerprint density at radius 3 is 1.51 bits per heavy atom. The Morgan fingerprint density at radius 1 is 0.678 bits per heavy atom. The van der Waals surface area contributed by atoms with Gasteiger partial charge < -0.3 is 58.8 Å². The van der Waals surface area contributed by atoms with E-state index in [0.717, 1.165) is 4.31 Å². The number of aromatic nitrogens is 1. The normalized spacial score (nSPS) is 13.0. The fourth-order valence-electron chi connectivity index (χ4n) is 4.93. The molecule has 0 aliphatic carbocycles. The number of fused-ring (bicyclic) bond motifs is 1. The smallest absolute Gasteiger partial charge is 0.273 e. The summed E-state index contributed by atoms with van der Waals surface area (Å²) >= 11 is 0. The van der Waals surface area contributed by atoms with Gasteiger partial charge in [-0.15, -0.1) is 0 Å². The second-order valence-corrected chi connectivity index (χ2v) is 14.6. The molecule has 340 valence electrons. The summed E-state index contributed by atoms with van der Waals surface area (Å²) in [7, 11) is -2.51. The second-order valence-electron chi connectivity index (χ2n) is 12.6. The van der Waals surface area contributed by atoms with E-state index in [1.165, 1.54) is 24.4 Å². The van der Waals surface area contributed by atoms with Crippen LogP contribution in [-0.4, -0.2) is 200 Å². The number of pyridine rings is 1. The number of nitrogens with zero attached hydrogens (tertiary/aromatic N) is 4. The predicted octanol–water partition coefficient (Wildman–Crippen LogP) is 0.793. The average molecular weight is 865 g/mol. The van der Waals surface area contributed by atoms with Crippen molar-refractivity contribution in [2.75, 3.05) is 165 Å². The van der Waals surface area contributed by atoms with Crippen LogP contribution in [0.4, 0.5) is 5.69 Å². The molecule has 20 nitrogen and oxygen atoms in total. The third-order valence-electron chi connectivity index (χ3n) is 7.90. The van der Waals surface area contributed by atoms with Gasteiger partial charge >= 0.3 is 0 Å². The van der Waals surface area contributed by atoms with E-state index >= 15 is 0 Å². The SMILES string of the molecule is CCCN(OCC)C(=O)C1=Cc2cnc(S(=O)(=O)N(C)CCOCCOCCOCCOCCOCCOCCOCCOCCOCCOCCN)cc2N=C(N)C1. The molecule has 21 heteroatoms. The van der Waals surface area contributed by atoms with E-state index in [9.17, 15) is 13.2 Å². The van der Waals surface area contributed by atoms with Crippen molar-refractivity contribution >= 4 is 33.5 Å². The fourth-order valence-corrected chi connectivity index (χ4v) is 6.01. The standard InChI is InChI=1S/C38H68N6O14S/c1-4-7-44(58-5-2)38(45)33-29-34-32-41-37(31-35(34)42-36(40)30-33)59(46,47)43(3)8-10-49-12-14-51-16-18-53-20-22-55-24-26-57-28-27-56-25-23-54-21-19-52-17-15-50-13-11-48-9-6-39/h29,31-32H,4-28,30,39H2,1-3H3,(H2,40,42). The molecule has 1 aromatic heterocycles. The largest absolute Gasteiger partial charge is 0.387 e. The van der Waals surface area contributed by atoms with Gasteiger partial charge in [0, 0.05) is 56.5 Å². The quantitative estimate of drug-likeness (QED) is 0.0688. The lowest BCUT2D eigenvalue weighted by Gasteiger charge is -2.21. The highest BCUT2D eigenvalue weighted by Crippen LogP contribution is 2.29. The number of carbonyl (C=O) groups is 1.